The molecule has 2 rings (SSSR count). The third-order valence-electron chi connectivity index (χ3n) is 2.86. The van der Waals surface area contributed by atoms with Crippen LogP contribution >= 0.6 is 15.9 Å². The number of nitrogens with zero attached hydrogens (tertiary/aromatic N) is 1. The Morgan fingerprint density at radius 3 is 2.52 bits per heavy atom. The number of hydrogen-bond donors (Lipinski definition) is 2. The van der Waals surface area contributed by atoms with Gasteiger partial charge in [0.15, 0.2) is 0 Å². The van der Waals surface area contributed by atoms with E-state index in [2.05, 4.69) is 21.2 Å². The molecule has 0 aliphatic carbocycles. The number of carbonyl (C=O) groups is 1. The first-order chi connectivity index (χ1) is 9.99. The first-order valence-corrected chi connectivity index (χ1v) is 6.83. The highest BCUT2D eigenvalue weighted by Gasteiger charge is 2.18. The van der Waals surface area contributed by atoms with E-state index in [0.717, 1.165) is 0 Å². The van der Waals surface area contributed by atoms with E-state index in [4.69, 9.17) is 5.73 Å². The highest BCUT2D eigenvalue weighted by Crippen LogP contribution is 2.27. The van der Waals surface area contributed by atoms with Crippen molar-refractivity contribution >= 4 is 33.2 Å². The van der Waals surface area contributed by atoms with Gasteiger partial charge in [-0.25, -0.2) is 0 Å². The summed E-state index contributed by atoms with van der Waals surface area (Å²) in [5.41, 5.74) is 6.73. The summed E-state index contributed by atoms with van der Waals surface area (Å²) >= 11 is 3.24. The number of rotatable bonds is 4. The lowest BCUT2D eigenvalue weighted by Gasteiger charge is -2.13. The fourth-order valence-electron chi connectivity index (χ4n) is 1.74. The van der Waals surface area contributed by atoms with E-state index in [0.29, 0.717) is 15.7 Å². The van der Waals surface area contributed by atoms with Gasteiger partial charge >= 0.3 is 0 Å². The SMILES string of the molecule is N[C@H](C(=O)Nc1cc([N+](=O)[O-])ccc1Br)c1ccccc1. The smallest absolute Gasteiger partial charge is 0.271 e. The van der Waals surface area contributed by atoms with E-state index in [1.54, 1.807) is 24.3 Å². The van der Waals surface area contributed by atoms with Gasteiger partial charge in [0.2, 0.25) is 5.91 Å². The second kappa shape index (κ2) is 6.47. The van der Waals surface area contributed by atoms with Crippen LogP contribution in [-0.4, -0.2) is 10.8 Å². The van der Waals surface area contributed by atoms with Gasteiger partial charge in [-0.3, -0.25) is 14.9 Å². The maximum Gasteiger partial charge on any atom is 0.271 e. The molecular weight excluding hydrogens is 338 g/mol. The second-order valence-corrected chi connectivity index (χ2v) is 5.15. The van der Waals surface area contributed by atoms with Crippen LogP contribution in [0.2, 0.25) is 0 Å². The number of nitro groups is 1. The van der Waals surface area contributed by atoms with Gasteiger partial charge in [0.1, 0.15) is 6.04 Å². The maximum atomic E-state index is 12.1. The summed E-state index contributed by atoms with van der Waals surface area (Å²) in [6, 6.07) is 12.2. The van der Waals surface area contributed by atoms with E-state index < -0.39 is 16.9 Å². The van der Waals surface area contributed by atoms with Crippen LogP contribution in [0.25, 0.3) is 0 Å². The Kier molecular flexibility index (Phi) is 4.66. The lowest BCUT2D eigenvalue weighted by Crippen LogP contribution is -2.27. The highest BCUT2D eigenvalue weighted by atomic mass is 79.9. The van der Waals surface area contributed by atoms with Crippen LogP contribution in [0.4, 0.5) is 11.4 Å². The molecule has 0 spiro atoms. The minimum Gasteiger partial charge on any atom is -0.323 e. The Hall–Kier alpha value is -2.25. The number of anilines is 1. The van der Waals surface area contributed by atoms with Crippen molar-refractivity contribution in [2.75, 3.05) is 5.32 Å². The molecule has 1 atom stereocenters. The van der Waals surface area contributed by atoms with E-state index in [9.17, 15) is 14.9 Å². The topological polar surface area (TPSA) is 98.3 Å². The maximum absolute atomic E-state index is 12.1. The van der Waals surface area contributed by atoms with Crippen LogP contribution in [0.1, 0.15) is 11.6 Å². The van der Waals surface area contributed by atoms with Crippen molar-refractivity contribution in [2.45, 2.75) is 6.04 Å². The number of non-ortho nitro benzene ring substituents is 1. The number of nitrogens with two attached hydrogens (primary N) is 1. The van der Waals surface area contributed by atoms with Crippen molar-refractivity contribution in [3.05, 3.63) is 68.7 Å². The zero-order valence-electron chi connectivity index (χ0n) is 10.8. The molecule has 0 saturated carbocycles. The third kappa shape index (κ3) is 3.65. The van der Waals surface area contributed by atoms with Crippen molar-refractivity contribution in [1.29, 1.82) is 0 Å². The van der Waals surface area contributed by atoms with E-state index in [1.807, 2.05) is 6.07 Å². The molecule has 0 aromatic heterocycles. The molecule has 3 N–H and O–H groups in total. The number of amides is 1. The summed E-state index contributed by atoms with van der Waals surface area (Å²) in [4.78, 5) is 22.3. The molecule has 0 heterocycles. The quantitative estimate of drug-likeness (QED) is 0.654. The predicted molar refractivity (Wildman–Crippen MR) is 82.8 cm³/mol. The van der Waals surface area contributed by atoms with Crippen molar-refractivity contribution in [1.82, 2.24) is 0 Å². The summed E-state index contributed by atoms with van der Waals surface area (Å²) < 4.78 is 0.543. The number of benzene rings is 2. The molecule has 6 nitrogen and oxygen atoms in total. The van der Waals surface area contributed by atoms with Gasteiger partial charge < -0.3 is 11.1 Å². The standard InChI is InChI=1S/C14H12BrN3O3/c15-11-7-6-10(18(20)21)8-12(11)17-14(19)13(16)9-4-2-1-3-5-9/h1-8,13H,16H2,(H,17,19)/t13-/m0/s1. The third-order valence-corrected chi connectivity index (χ3v) is 3.55. The number of carbonyl (C=O) groups excluding carboxylic acids is 1. The zero-order valence-corrected chi connectivity index (χ0v) is 12.4. The molecule has 1 amide bonds. The molecule has 108 valence electrons. The molecule has 0 aliphatic heterocycles. The Morgan fingerprint density at radius 1 is 1.24 bits per heavy atom. The van der Waals surface area contributed by atoms with Gasteiger partial charge in [-0.15, -0.1) is 0 Å². The number of nitro benzene ring substituents is 1. The molecule has 0 fully saturated rings. The van der Waals surface area contributed by atoms with E-state index in [-0.39, 0.29) is 5.69 Å². The van der Waals surface area contributed by atoms with Crippen LogP contribution in [0.5, 0.6) is 0 Å². The molecule has 0 saturated heterocycles. The normalized spacial score (nSPS) is 11.7. The van der Waals surface area contributed by atoms with Crippen molar-refractivity contribution in [3.8, 4) is 0 Å². The van der Waals surface area contributed by atoms with Gasteiger partial charge in [0.25, 0.3) is 5.69 Å². The summed E-state index contributed by atoms with van der Waals surface area (Å²) in [7, 11) is 0. The Morgan fingerprint density at radius 2 is 1.90 bits per heavy atom. The van der Waals surface area contributed by atoms with Gasteiger partial charge in [-0.05, 0) is 27.6 Å². The molecule has 0 unspecified atom stereocenters. The Balaban J connectivity index is 2.20. The Bertz CT molecular complexity index is 676. The van der Waals surface area contributed by atoms with Gasteiger partial charge in [0, 0.05) is 16.6 Å². The van der Waals surface area contributed by atoms with Gasteiger partial charge in [-0.1, -0.05) is 30.3 Å². The molecule has 2 aromatic carbocycles. The fourth-order valence-corrected chi connectivity index (χ4v) is 2.09. The van der Waals surface area contributed by atoms with E-state index >= 15 is 0 Å². The van der Waals surface area contributed by atoms with Crippen LogP contribution < -0.4 is 11.1 Å². The van der Waals surface area contributed by atoms with Crippen molar-refractivity contribution < 1.29 is 9.72 Å². The number of nitrogens with one attached hydrogen (secondary N) is 1. The zero-order chi connectivity index (χ0) is 15.4. The fraction of sp³-hybridized carbons (Fsp3) is 0.0714. The molecule has 0 bridgehead atoms. The summed E-state index contributed by atoms with van der Waals surface area (Å²) in [5, 5.41) is 13.3. The largest absolute Gasteiger partial charge is 0.323 e. The summed E-state index contributed by atoms with van der Waals surface area (Å²) in [5.74, 6) is -0.442. The summed E-state index contributed by atoms with van der Waals surface area (Å²) in [6.07, 6.45) is 0. The molecule has 2 aromatic rings. The lowest BCUT2D eigenvalue weighted by molar-refractivity contribution is -0.384. The molecule has 0 radical (unpaired) electrons. The predicted octanol–water partition coefficient (Wildman–Crippen LogP) is 3.00. The van der Waals surface area contributed by atoms with Crippen molar-refractivity contribution in [3.63, 3.8) is 0 Å². The molecular formula is C14H12BrN3O3. The molecule has 7 heteroatoms. The average Bonchev–Trinajstić information content (AvgIpc) is 2.49. The summed E-state index contributed by atoms with van der Waals surface area (Å²) in [6.45, 7) is 0. The van der Waals surface area contributed by atoms with Gasteiger partial charge in [0.05, 0.1) is 10.6 Å². The second-order valence-electron chi connectivity index (χ2n) is 4.30. The average molecular weight is 350 g/mol. The minimum absolute atomic E-state index is 0.109. The first kappa shape index (κ1) is 15.1. The minimum atomic E-state index is -0.850. The van der Waals surface area contributed by atoms with Crippen LogP contribution in [0.15, 0.2) is 53.0 Å². The molecule has 0 aliphatic rings. The number of hydrogen-bond acceptors (Lipinski definition) is 4. The molecule has 21 heavy (non-hydrogen) atoms. The first-order valence-electron chi connectivity index (χ1n) is 6.04. The van der Waals surface area contributed by atoms with E-state index in [1.165, 1.54) is 18.2 Å². The van der Waals surface area contributed by atoms with Gasteiger partial charge in [-0.2, -0.15) is 0 Å². The van der Waals surface area contributed by atoms with Crippen LogP contribution in [0, 0.1) is 10.1 Å². The number of halogens is 1. The van der Waals surface area contributed by atoms with Crippen molar-refractivity contribution in [2.24, 2.45) is 5.73 Å². The monoisotopic (exact) mass is 349 g/mol. The highest BCUT2D eigenvalue weighted by molar-refractivity contribution is 9.10. The lowest BCUT2D eigenvalue weighted by atomic mass is 10.1. The van der Waals surface area contributed by atoms with Crippen LogP contribution in [-0.2, 0) is 4.79 Å². The van der Waals surface area contributed by atoms with Crippen LogP contribution in [0.3, 0.4) is 0 Å². The Labute approximate surface area is 129 Å².